The lowest BCUT2D eigenvalue weighted by Crippen LogP contribution is -2.44. The molecule has 16 heavy (non-hydrogen) atoms. The number of hydrogen-bond donors (Lipinski definition) is 2. The lowest BCUT2D eigenvalue weighted by Gasteiger charge is -2.28. The topological polar surface area (TPSA) is 32.3 Å². The van der Waals surface area contributed by atoms with E-state index in [1.54, 1.807) is 0 Å². The lowest BCUT2D eigenvalue weighted by atomic mass is 9.95. The number of aliphatic hydroxyl groups is 1. The maximum absolute atomic E-state index is 10.1. The molecule has 2 heteroatoms. The van der Waals surface area contributed by atoms with Crippen molar-refractivity contribution in [2.45, 2.75) is 44.8 Å². The number of aryl methyl sites for hydroxylation is 1. The first-order valence-electron chi connectivity index (χ1n) is 6.23. The van der Waals surface area contributed by atoms with Crippen LogP contribution in [0.25, 0.3) is 0 Å². The average molecular weight is 219 g/mol. The van der Waals surface area contributed by atoms with Gasteiger partial charge in [-0.1, -0.05) is 36.2 Å². The Bertz CT molecular complexity index is 314. The van der Waals surface area contributed by atoms with Crippen molar-refractivity contribution in [2.75, 3.05) is 6.54 Å². The normalized spacial score (nSPS) is 23.0. The Morgan fingerprint density at radius 2 is 2.06 bits per heavy atom. The number of hydrogen-bond acceptors (Lipinski definition) is 2. The fourth-order valence-corrected chi connectivity index (χ4v) is 2.32. The predicted octanol–water partition coefficient (Wildman–Crippen LogP) is 2.04. The van der Waals surface area contributed by atoms with E-state index in [1.165, 1.54) is 24.0 Å². The molecule has 1 fully saturated rings. The van der Waals surface area contributed by atoms with Crippen LogP contribution >= 0.6 is 0 Å². The lowest BCUT2D eigenvalue weighted by molar-refractivity contribution is 0.113. The van der Waals surface area contributed by atoms with Crippen LogP contribution in [-0.4, -0.2) is 23.8 Å². The van der Waals surface area contributed by atoms with E-state index in [1.807, 2.05) is 0 Å². The van der Waals surface area contributed by atoms with Crippen LogP contribution in [0.15, 0.2) is 24.3 Å². The Labute approximate surface area is 97.7 Å². The number of benzene rings is 1. The Morgan fingerprint density at radius 1 is 1.31 bits per heavy atom. The van der Waals surface area contributed by atoms with Crippen LogP contribution in [-0.2, 0) is 6.42 Å². The van der Waals surface area contributed by atoms with Gasteiger partial charge < -0.3 is 10.4 Å². The zero-order chi connectivity index (χ0) is 11.4. The second-order valence-electron chi connectivity index (χ2n) is 4.81. The number of nitrogens with one attached hydrogen (secondary N) is 1. The highest BCUT2D eigenvalue weighted by molar-refractivity contribution is 5.22. The second kappa shape index (κ2) is 5.46. The van der Waals surface area contributed by atoms with E-state index in [-0.39, 0.29) is 12.1 Å². The van der Waals surface area contributed by atoms with E-state index in [0.717, 1.165) is 19.4 Å². The van der Waals surface area contributed by atoms with Gasteiger partial charge in [-0.05, 0) is 38.3 Å². The molecule has 2 atom stereocenters. The van der Waals surface area contributed by atoms with E-state index in [9.17, 15) is 5.11 Å². The summed E-state index contributed by atoms with van der Waals surface area (Å²) in [4.78, 5) is 0. The van der Waals surface area contributed by atoms with Gasteiger partial charge in [0, 0.05) is 6.04 Å². The summed E-state index contributed by atoms with van der Waals surface area (Å²) in [6.45, 7) is 3.14. The maximum atomic E-state index is 10.1. The zero-order valence-corrected chi connectivity index (χ0v) is 9.95. The molecule has 1 aromatic rings. The molecule has 2 nitrogen and oxygen atoms in total. The molecule has 2 N–H and O–H groups in total. The first-order valence-corrected chi connectivity index (χ1v) is 6.23. The van der Waals surface area contributed by atoms with Gasteiger partial charge >= 0.3 is 0 Å². The zero-order valence-electron chi connectivity index (χ0n) is 9.95. The number of piperidine rings is 1. The van der Waals surface area contributed by atoms with Crippen molar-refractivity contribution in [3.05, 3.63) is 35.4 Å². The molecule has 1 aliphatic heterocycles. The van der Waals surface area contributed by atoms with Crippen LogP contribution < -0.4 is 5.32 Å². The third kappa shape index (κ3) is 3.06. The Hall–Kier alpha value is -0.860. The highest BCUT2D eigenvalue weighted by atomic mass is 16.3. The smallest absolute Gasteiger partial charge is 0.0733 e. The van der Waals surface area contributed by atoms with Crippen molar-refractivity contribution in [2.24, 2.45) is 0 Å². The van der Waals surface area contributed by atoms with Crippen LogP contribution in [0.2, 0.25) is 0 Å². The molecule has 88 valence electrons. The van der Waals surface area contributed by atoms with Crippen LogP contribution in [0.4, 0.5) is 0 Å². The highest BCUT2D eigenvalue weighted by Gasteiger charge is 2.20. The predicted molar refractivity (Wildman–Crippen MR) is 66.5 cm³/mol. The van der Waals surface area contributed by atoms with Gasteiger partial charge in [0.05, 0.1) is 6.10 Å². The SMILES string of the molecule is Cc1ccc(CC(O)C2CCCCN2)cc1. The molecule has 1 aromatic carbocycles. The minimum absolute atomic E-state index is 0.247. The molecule has 0 bridgehead atoms. The third-order valence-corrected chi connectivity index (χ3v) is 3.38. The largest absolute Gasteiger partial charge is 0.391 e. The van der Waals surface area contributed by atoms with Gasteiger partial charge in [-0.15, -0.1) is 0 Å². The maximum Gasteiger partial charge on any atom is 0.0733 e. The molecule has 0 aromatic heterocycles. The molecule has 2 rings (SSSR count). The van der Waals surface area contributed by atoms with Crippen LogP contribution in [0.5, 0.6) is 0 Å². The summed E-state index contributed by atoms with van der Waals surface area (Å²) < 4.78 is 0. The van der Waals surface area contributed by atoms with Crippen molar-refractivity contribution < 1.29 is 5.11 Å². The van der Waals surface area contributed by atoms with Crippen molar-refractivity contribution in [3.63, 3.8) is 0 Å². The van der Waals surface area contributed by atoms with E-state index in [0.29, 0.717) is 0 Å². The minimum Gasteiger partial charge on any atom is -0.391 e. The molecule has 1 heterocycles. The van der Waals surface area contributed by atoms with E-state index in [2.05, 4.69) is 36.5 Å². The van der Waals surface area contributed by atoms with Crippen molar-refractivity contribution in [1.82, 2.24) is 5.32 Å². The van der Waals surface area contributed by atoms with E-state index >= 15 is 0 Å². The van der Waals surface area contributed by atoms with Crippen molar-refractivity contribution in [3.8, 4) is 0 Å². The van der Waals surface area contributed by atoms with Crippen LogP contribution in [0.1, 0.15) is 30.4 Å². The van der Waals surface area contributed by atoms with E-state index in [4.69, 9.17) is 0 Å². The molecular formula is C14H21NO. The fourth-order valence-electron chi connectivity index (χ4n) is 2.32. The molecule has 0 radical (unpaired) electrons. The van der Waals surface area contributed by atoms with Gasteiger partial charge in [-0.2, -0.15) is 0 Å². The second-order valence-corrected chi connectivity index (χ2v) is 4.81. The molecule has 2 unspecified atom stereocenters. The molecule has 1 aliphatic rings. The van der Waals surface area contributed by atoms with Gasteiger partial charge in [0.15, 0.2) is 0 Å². The van der Waals surface area contributed by atoms with Crippen molar-refractivity contribution >= 4 is 0 Å². The summed E-state index contributed by atoms with van der Waals surface area (Å²) in [5, 5.41) is 13.5. The van der Waals surface area contributed by atoms with Gasteiger partial charge in [0.2, 0.25) is 0 Å². The minimum atomic E-state index is -0.247. The van der Waals surface area contributed by atoms with Gasteiger partial charge in [0.1, 0.15) is 0 Å². The summed E-state index contributed by atoms with van der Waals surface area (Å²) in [5.41, 5.74) is 2.50. The van der Waals surface area contributed by atoms with Gasteiger partial charge in [-0.25, -0.2) is 0 Å². The third-order valence-electron chi connectivity index (χ3n) is 3.38. The molecule has 0 amide bonds. The monoisotopic (exact) mass is 219 g/mol. The standard InChI is InChI=1S/C14H21NO/c1-11-5-7-12(8-6-11)10-14(16)13-4-2-3-9-15-13/h5-8,13-16H,2-4,9-10H2,1H3. The summed E-state index contributed by atoms with van der Waals surface area (Å²) in [6.07, 6.45) is 4.10. The quantitative estimate of drug-likeness (QED) is 0.815. The van der Waals surface area contributed by atoms with Gasteiger partial charge in [-0.3, -0.25) is 0 Å². The average Bonchev–Trinajstić information content (AvgIpc) is 2.33. The fraction of sp³-hybridized carbons (Fsp3) is 0.571. The molecule has 0 spiro atoms. The molecular weight excluding hydrogens is 198 g/mol. The van der Waals surface area contributed by atoms with Crippen LogP contribution in [0.3, 0.4) is 0 Å². The molecule has 0 aliphatic carbocycles. The van der Waals surface area contributed by atoms with Crippen LogP contribution in [0, 0.1) is 6.92 Å². The summed E-state index contributed by atoms with van der Waals surface area (Å²) in [5.74, 6) is 0. The molecule has 0 saturated carbocycles. The summed E-state index contributed by atoms with van der Waals surface area (Å²) >= 11 is 0. The first kappa shape index (κ1) is 11.6. The van der Waals surface area contributed by atoms with Crippen molar-refractivity contribution in [1.29, 1.82) is 0 Å². The van der Waals surface area contributed by atoms with E-state index < -0.39 is 0 Å². The molecule has 1 saturated heterocycles. The van der Waals surface area contributed by atoms with Gasteiger partial charge in [0.25, 0.3) is 0 Å². The first-order chi connectivity index (χ1) is 7.75. The number of aliphatic hydroxyl groups excluding tert-OH is 1. The number of rotatable bonds is 3. The highest BCUT2D eigenvalue weighted by Crippen LogP contribution is 2.14. The Kier molecular flexibility index (Phi) is 3.97. The Balaban J connectivity index is 1.90. The summed E-state index contributed by atoms with van der Waals surface area (Å²) in [6, 6.07) is 8.73. The summed E-state index contributed by atoms with van der Waals surface area (Å²) in [7, 11) is 0. The Morgan fingerprint density at radius 3 is 2.69 bits per heavy atom.